The molecule has 0 spiro atoms. The van der Waals surface area contributed by atoms with Gasteiger partial charge in [-0.2, -0.15) is 0 Å². The van der Waals surface area contributed by atoms with Crippen molar-refractivity contribution in [1.29, 1.82) is 0 Å². The number of aromatic nitrogens is 2. The number of hydrogen-bond donors (Lipinski definition) is 1. The van der Waals surface area contributed by atoms with Crippen molar-refractivity contribution in [1.82, 2.24) is 14.5 Å². The third kappa shape index (κ3) is 3.03. The van der Waals surface area contributed by atoms with Gasteiger partial charge in [0.15, 0.2) is 0 Å². The average Bonchev–Trinajstić information content (AvgIpc) is 3.17. The Kier molecular flexibility index (Phi) is 4.78. The van der Waals surface area contributed by atoms with Crippen LogP contribution in [0.25, 0.3) is 0 Å². The zero-order valence-electron chi connectivity index (χ0n) is 13.1. The molecule has 3 atom stereocenters. The molecule has 1 aliphatic carbocycles. The van der Waals surface area contributed by atoms with Crippen LogP contribution in [0.3, 0.4) is 0 Å². The lowest BCUT2D eigenvalue weighted by Gasteiger charge is -2.37. The number of aliphatic hydroxyl groups excluding tert-OH is 1. The average molecular weight is 307 g/mol. The minimum Gasteiger partial charge on any atom is -0.396 e. The number of aryl methyl sites for hydroxylation is 2. The summed E-state index contributed by atoms with van der Waals surface area (Å²) in [5.41, 5.74) is 0. The van der Waals surface area contributed by atoms with Gasteiger partial charge in [-0.15, -0.1) is 0 Å². The molecular formula is C16H25N3O3. The van der Waals surface area contributed by atoms with Crippen LogP contribution in [0.5, 0.6) is 0 Å². The van der Waals surface area contributed by atoms with Crippen molar-refractivity contribution in [2.45, 2.75) is 51.3 Å². The molecule has 0 bridgehead atoms. The first-order chi connectivity index (χ1) is 10.7. The Morgan fingerprint density at radius 2 is 2.36 bits per heavy atom. The number of morpholine rings is 1. The lowest BCUT2D eigenvalue weighted by molar-refractivity contribution is -0.144. The summed E-state index contributed by atoms with van der Waals surface area (Å²) in [6, 6.07) is 0.145. The topological polar surface area (TPSA) is 67.6 Å². The third-order valence-electron chi connectivity index (χ3n) is 4.90. The van der Waals surface area contributed by atoms with E-state index in [0.717, 1.165) is 25.1 Å². The van der Waals surface area contributed by atoms with Gasteiger partial charge in [0, 0.05) is 44.9 Å². The van der Waals surface area contributed by atoms with Crippen LogP contribution in [-0.4, -0.2) is 57.4 Å². The number of hydrogen-bond acceptors (Lipinski definition) is 4. The summed E-state index contributed by atoms with van der Waals surface area (Å²) < 4.78 is 7.84. The highest BCUT2D eigenvalue weighted by Gasteiger charge is 2.42. The van der Waals surface area contributed by atoms with Crippen LogP contribution < -0.4 is 0 Å². The van der Waals surface area contributed by atoms with E-state index in [9.17, 15) is 9.90 Å². The van der Waals surface area contributed by atoms with Gasteiger partial charge in [-0.1, -0.05) is 6.92 Å². The number of aliphatic hydroxyl groups is 1. The quantitative estimate of drug-likeness (QED) is 0.875. The fourth-order valence-electron chi connectivity index (χ4n) is 3.73. The lowest BCUT2D eigenvalue weighted by atomic mass is 10.1. The second kappa shape index (κ2) is 6.79. The Hall–Kier alpha value is -1.40. The highest BCUT2D eigenvalue weighted by Crippen LogP contribution is 2.34. The SMILES string of the molecule is CCc1nccn1CCC(=O)N1CCO[C@H]2C[C@H](CO)C[C@@H]21. The molecule has 0 radical (unpaired) electrons. The molecule has 1 aromatic rings. The molecule has 2 aliphatic rings. The predicted molar refractivity (Wildman–Crippen MR) is 81.3 cm³/mol. The minimum atomic E-state index is 0.106. The van der Waals surface area contributed by atoms with E-state index < -0.39 is 0 Å². The number of ether oxygens (including phenoxy) is 1. The van der Waals surface area contributed by atoms with Crippen LogP contribution >= 0.6 is 0 Å². The monoisotopic (exact) mass is 307 g/mol. The summed E-state index contributed by atoms with van der Waals surface area (Å²) in [4.78, 5) is 18.9. The maximum absolute atomic E-state index is 12.6. The molecule has 122 valence electrons. The molecule has 1 amide bonds. The van der Waals surface area contributed by atoms with E-state index in [1.54, 1.807) is 6.20 Å². The molecule has 0 unspecified atom stereocenters. The molecule has 3 rings (SSSR count). The van der Waals surface area contributed by atoms with E-state index in [-0.39, 0.29) is 30.6 Å². The van der Waals surface area contributed by atoms with Gasteiger partial charge in [0.05, 0.1) is 18.8 Å². The standard InChI is InChI=1S/C16H25N3O3/c1-2-15-17-4-6-18(15)5-3-16(21)19-7-8-22-14-10-12(11-20)9-13(14)19/h4,6,12-14,20H,2-3,5,7-11H2,1H3/t12-,13+,14+/m1/s1. The van der Waals surface area contributed by atoms with Crippen molar-refractivity contribution >= 4 is 5.91 Å². The van der Waals surface area contributed by atoms with Crippen molar-refractivity contribution < 1.29 is 14.6 Å². The van der Waals surface area contributed by atoms with Crippen LogP contribution in [-0.2, 0) is 22.5 Å². The molecular weight excluding hydrogens is 282 g/mol. The van der Waals surface area contributed by atoms with Crippen LogP contribution in [0.2, 0.25) is 0 Å². The van der Waals surface area contributed by atoms with Gasteiger partial charge in [-0.25, -0.2) is 4.98 Å². The Labute approximate surface area is 131 Å². The zero-order chi connectivity index (χ0) is 15.5. The van der Waals surface area contributed by atoms with E-state index in [1.165, 1.54) is 0 Å². The van der Waals surface area contributed by atoms with E-state index in [0.29, 0.717) is 26.1 Å². The molecule has 2 heterocycles. The summed E-state index contributed by atoms with van der Waals surface area (Å²) in [5.74, 6) is 1.48. The molecule has 6 heteroatoms. The molecule has 2 fully saturated rings. The number of carbonyl (C=O) groups excluding carboxylic acids is 1. The normalized spacial score (nSPS) is 27.9. The van der Waals surface area contributed by atoms with Crippen molar-refractivity contribution in [3.63, 3.8) is 0 Å². The molecule has 1 saturated heterocycles. The number of imidazole rings is 1. The maximum atomic E-state index is 12.6. The summed E-state index contributed by atoms with van der Waals surface area (Å²) in [7, 11) is 0. The Morgan fingerprint density at radius 3 is 3.14 bits per heavy atom. The Bertz CT molecular complexity index is 516. The highest BCUT2D eigenvalue weighted by molar-refractivity contribution is 5.76. The number of rotatable bonds is 5. The summed E-state index contributed by atoms with van der Waals surface area (Å²) in [5, 5.41) is 9.35. The summed E-state index contributed by atoms with van der Waals surface area (Å²) in [6.45, 7) is 4.22. The maximum Gasteiger partial charge on any atom is 0.224 e. The molecule has 1 N–H and O–H groups in total. The first kappa shape index (κ1) is 15.5. The summed E-state index contributed by atoms with van der Waals surface area (Å²) >= 11 is 0. The fourth-order valence-corrected chi connectivity index (χ4v) is 3.73. The Balaban J connectivity index is 1.59. The lowest BCUT2D eigenvalue weighted by Crippen LogP contribution is -2.51. The molecule has 1 saturated carbocycles. The first-order valence-electron chi connectivity index (χ1n) is 8.24. The second-order valence-electron chi connectivity index (χ2n) is 6.22. The van der Waals surface area contributed by atoms with E-state index in [4.69, 9.17) is 4.74 Å². The summed E-state index contributed by atoms with van der Waals surface area (Å²) in [6.07, 6.45) is 6.93. The van der Waals surface area contributed by atoms with Crippen molar-refractivity contribution in [2.24, 2.45) is 5.92 Å². The predicted octanol–water partition coefficient (Wildman–Crippen LogP) is 0.834. The molecule has 0 aromatic carbocycles. The van der Waals surface area contributed by atoms with Gasteiger partial charge in [-0.05, 0) is 18.8 Å². The third-order valence-corrected chi connectivity index (χ3v) is 4.90. The number of nitrogens with zero attached hydrogens (tertiary/aromatic N) is 3. The van der Waals surface area contributed by atoms with Crippen LogP contribution in [0, 0.1) is 5.92 Å². The van der Waals surface area contributed by atoms with Gasteiger partial charge < -0.3 is 19.3 Å². The zero-order valence-corrected chi connectivity index (χ0v) is 13.1. The van der Waals surface area contributed by atoms with Crippen molar-refractivity contribution in [2.75, 3.05) is 19.8 Å². The molecule has 1 aromatic heterocycles. The van der Waals surface area contributed by atoms with Crippen LogP contribution in [0.1, 0.15) is 32.0 Å². The number of fused-ring (bicyclic) bond motifs is 1. The van der Waals surface area contributed by atoms with E-state index in [1.807, 2.05) is 11.1 Å². The minimum absolute atomic E-state index is 0.106. The second-order valence-corrected chi connectivity index (χ2v) is 6.22. The Morgan fingerprint density at radius 1 is 1.50 bits per heavy atom. The molecule has 22 heavy (non-hydrogen) atoms. The smallest absolute Gasteiger partial charge is 0.224 e. The number of amides is 1. The van der Waals surface area contributed by atoms with Crippen LogP contribution in [0.4, 0.5) is 0 Å². The van der Waals surface area contributed by atoms with Gasteiger partial charge >= 0.3 is 0 Å². The van der Waals surface area contributed by atoms with Crippen LogP contribution in [0.15, 0.2) is 12.4 Å². The van der Waals surface area contributed by atoms with Crippen molar-refractivity contribution in [3.05, 3.63) is 18.2 Å². The highest BCUT2D eigenvalue weighted by atomic mass is 16.5. The van der Waals surface area contributed by atoms with Gasteiger partial charge in [0.1, 0.15) is 5.82 Å². The van der Waals surface area contributed by atoms with Gasteiger partial charge in [0.2, 0.25) is 5.91 Å². The largest absolute Gasteiger partial charge is 0.396 e. The van der Waals surface area contributed by atoms with E-state index >= 15 is 0 Å². The molecule has 6 nitrogen and oxygen atoms in total. The van der Waals surface area contributed by atoms with Gasteiger partial charge in [0.25, 0.3) is 0 Å². The molecule has 1 aliphatic heterocycles. The van der Waals surface area contributed by atoms with E-state index in [2.05, 4.69) is 16.5 Å². The fraction of sp³-hybridized carbons (Fsp3) is 0.750. The first-order valence-corrected chi connectivity index (χ1v) is 8.24. The van der Waals surface area contributed by atoms with Crippen molar-refractivity contribution in [3.8, 4) is 0 Å². The number of carbonyl (C=O) groups is 1. The van der Waals surface area contributed by atoms with Gasteiger partial charge in [-0.3, -0.25) is 4.79 Å².